The molecule has 5 nitrogen and oxygen atoms in total. The molecule has 0 aliphatic heterocycles. The van der Waals surface area contributed by atoms with Gasteiger partial charge in [-0.1, -0.05) is 30.5 Å². The number of hydrogen-bond acceptors (Lipinski definition) is 3. The van der Waals surface area contributed by atoms with E-state index in [-0.39, 0.29) is 0 Å². The van der Waals surface area contributed by atoms with Crippen LogP contribution in [0.2, 0.25) is 0 Å². The monoisotopic (exact) mass is 319 g/mol. The van der Waals surface area contributed by atoms with E-state index in [4.69, 9.17) is 4.74 Å². The Balaban J connectivity index is 1.74. The van der Waals surface area contributed by atoms with E-state index in [1.165, 1.54) is 5.56 Å². The molecule has 23 heavy (non-hydrogen) atoms. The summed E-state index contributed by atoms with van der Waals surface area (Å²) in [5, 5.41) is 16.8. The summed E-state index contributed by atoms with van der Waals surface area (Å²) in [6.45, 7) is 6.58. The number of aliphatic hydroxyl groups is 1. The fourth-order valence-corrected chi connectivity index (χ4v) is 2.73. The van der Waals surface area contributed by atoms with Crippen molar-refractivity contribution in [3.8, 4) is 5.75 Å². The zero-order valence-corrected chi connectivity index (χ0v) is 14.3. The van der Waals surface area contributed by atoms with Gasteiger partial charge in [-0.25, -0.2) is 0 Å². The highest BCUT2D eigenvalue weighted by molar-refractivity contribution is 5.79. The molecule has 0 saturated heterocycles. The number of guanidine groups is 1. The third-order valence-corrected chi connectivity index (χ3v) is 4.09. The van der Waals surface area contributed by atoms with Crippen molar-refractivity contribution >= 4 is 5.96 Å². The standard InChI is InChI=1S/C18H29N3O2/c1-3-19-17(21-14-18(22)10-4-5-11-18)20-12-13-23-16-8-6-15(2)7-9-16/h6-9,22H,3-5,10-14H2,1-2H3,(H2,19,20,21). The summed E-state index contributed by atoms with van der Waals surface area (Å²) in [5.41, 5.74) is 0.614. The average molecular weight is 319 g/mol. The fraction of sp³-hybridized carbons (Fsp3) is 0.611. The van der Waals surface area contributed by atoms with Crippen LogP contribution in [0, 0.1) is 6.92 Å². The highest BCUT2D eigenvalue weighted by atomic mass is 16.5. The van der Waals surface area contributed by atoms with Gasteiger partial charge in [-0.3, -0.25) is 4.99 Å². The minimum absolute atomic E-state index is 0.459. The van der Waals surface area contributed by atoms with E-state index >= 15 is 0 Å². The summed E-state index contributed by atoms with van der Waals surface area (Å²) in [4.78, 5) is 4.51. The molecule has 1 aromatic rings. The number of rotatable bonds is 7. The number of nitrogens with zero attached hydrogens (tertiary/aromatic N) is 1. The molecular formula is C18H29N3O2. The van der Waals surface area contributed by atoms with Gasteiger partial charge in [0.1, 0.15) is 12.4 Å². The first-order valence-electron chi connectivity index (χ1n) is 8.55. The Morgan fingerprint density at radius 3 is 2.57 bits per heavy atom. The van der Waals surface area contributed by atoms with Gasteiger partial charge < -0.3 is 20.5 Å². The van der Waals surface area contributed by atoms with Crippen molar-refractivity contribution in [2.24, 2.45) is 4.99 Å². The van der Waals surface area contributed by atoms with Crippen LogP contribution in [0.5, 0.6) is 5.75 Å². The van der Waals surface area contributed by atoms with E-state index in [0.29, 0.717) is 19.7 Å². The Bertz CT molecular complexity index is 493. The molecule has 1 aliphatic carbocycles. The van der Waals surface area contributed by atoms with Crippen LogP contribution < -0.4 is 15.4 Å². The largest absolute Gasteiger partial charge is 0.492 e. The Hall–Kier alpha value is -1.75. The second-order valence-corrected chi connectivity index (χ2v) is 6.21. The SMILES string of the molecule is CCNC(=NCC1(O)CCCC1)NCCOc1ccc(C)cc1. The van der Waals surface area contributed by atoms with Crippen LogP contribution in [-0.4, -0.2) is 42.9 Å². The van der Waals surface area contributed by atoms with Gasteiger partial charge in [0, 0.05) is 6.54 Å². The maximum absolute atomic E-state index is 10.4. The van der Waals surface area contributed by atoms with E-state index in [1.54, 1.807) is 0 Å². The topological polar surface area (TPSA) is 65.9 Å². The van der Waals surface area contributed by atoms with Crippen LogP contribution in [0.1, 0.15) is 38.2 Å². The minimum Gasteiger partial charge on any atom is -0.492 e. The summed E-state index contributed by atoms with van der Waals surface area (Å²) in [6.07, 6.45) is 3.90. The smallest absolute Gasteiger partial charge is 0.191 e. The normalized spacial score (nSPS) is 17.1. The van der Waals surface area contributed by atoms with Crippen LogP contribution in [0.4, 0.5) is 0 Å². The second-order valence-electron chi connectivity index (χ2n) is 6.21. The van der Waals surface area contributed by atoms with Crippen molar-refractivity contribution in [2.75, 3.05) is 26.2 Å². The number of benzene rings is 1. The molecule has 0 unspecified atom stereocenters. The molecule has 0 heterocycles. The van der Waals surface area contributed by atoms with Crippen molar-refractivity contribution in [2.45, 2.75) is 45.1 Å². The molecule has 0 aromatic heterocycles. The predicted molar refractivity (Wildman–Crippen MR) is 94.1 cm³/mol. The molecule has 1 aliphatic rings. The molecule has 128 valence electrons. The van der Waals surface area contributed by atoms with Crippen molar-refractivity contribution in [3.05, 3.63) is 29.8 Å². The van der Waals surface area contributed by atoms with E-state index in [2.05, 4.69) is 22.5 Å². The summed E-state index contributed by atoms with van der Waals surface area (Å²) < 4.78 is 5.69. The molecule has 0 amide bonds. The summed E-state index contributed by atoms with van der Waals surface area (Å²) in [7, 11) is 0. The highest BCUT2D eigenvalue weighted by Gasteiger charge is 2.30. The Labute approximate surface area is 139 Å². The Kier molecular flexibility index (Phi) is 6.71. The second kappa shape index (κ2) is 8.77. The van der Waals surface area contributed by atoms with Crippen LogP contribution in [0.25, 0.3) is 0 Å². The van der Waals surface area contributed by atoms with Gasteiger partial charge in [0.15, 0.2) is 5.96 Å². The predicted octanol–water partition coefficient (Wildman–Crippen LogP) is 2.23. The number of aryl methyl sites for hydroxylation is 1. The first-order valence-corrected chi connectivity index (χ1v) is 8.55. The molecule has 0 atom stereocenters. The lowest BCUT2D eigenvalue weighted by Crippen LogP contribution is -2.41. The quantitative estimate of drug-likeness (QED) is 0.410. The van der Waals surface area contributed by atoms with Gasteiger partial charge in [0.2, 0.25) is 0 Å². The molecule has 5 heteroatoms. The molecule has 3 N–H and O–H groups in total. The zero-order chi connectivity index (χ0) is 16.5. The van der Waals surface area contributed by atoms with Gasteiger partial charge >= 0.3 is 0 Å². The Morgan fingerprint density at radius 1 is 1.22 bits per heavy atom. The molecule has 0 radical (unpaired) electrons. The van der Waals surface area contributed by atoms with Gasteiger partial charge in [-0.2, -0.15) is 0 Å². The number of ether oxygens (including phenoxy) is 1. The number of nitrogens with one attached hydrogen (secondary N) is 2. The molecule has 1 fully saturated rings. The van der Waals surface area contributed by atoms with E-state index in [9.17, 15) is 5.11 Å². The van der Waals surface area contributed by atoms with Gasteiger partial charge in [-0.15, -0.1) is 0 Å². The summed E-state index contributed by atoms with van der Waals surface area (Å²) in [5.74, 6) is 1.61. The van der Waals surface area contributed by atoms with Gasteiger partial charge in [0.25, 0.3) is 0 Å². The fourth-order valence-electron chi connectivity index (χ4n) is 2.73. The first kappa shape index (κ1) is 17.6. The van der Waals surface area contributed by atoms with Crippen molar-refractivity contribution < 1.29 is 9.84 Å². The number of hydrogen-bond donors (Lipinski definition) is 3. The molecule has 1 aromatic carbocycles. The maximum atomic E-state index is 10.4. The summed E-state index contributed by atoms with van der Waals surface area (Å²) in [6, 6.07) is 8.03. The van der Waals surface area contributed by atoms with E-state index in [0.717, 1.165) is 43.9 Å². The van der Waals surface area contributed by atoms with Crippen LogP contribution >= 0.6 is 0 Å². The average Bonchev–Trinajstić information content (AvgIpc) is 2.98. The molecule has 2 rings (SSSR count). The first-order chi connectivity index (χ1) is 11.1. The lowest BCUT2D eigenvalue weighted by molar-refractivity contribution is 0.0574. The molecule has 1 saturated carbocycles. The summed E-state index contributed by atoms with van der Waals surface area (Å²) >= 11 is 0. The lowest BCUT2D eigenvalue weighted by Gasteiger charge is -2.20. The number of aliphatic imine (C=N–C) groups is 1. The minimum atomic E-state index is -0.610. The van der Waals surface area contributed by atoms with E-state index in [1.807, 2.05) is 31.2 Å². The third-order valence-electron chi connectivity index (χ3n) is 4.09. The van der Waals surface area contributed by atoms with Crippen LogP contribution in [0.15, 0.2) is 29.3 Å². The molecule has 0 spiro atoms. The Morgan fingerprint density at radius 2 is 1.91 bits per heavy atom. The van der Waals surface area contributed by atoms with Crippen LogP contribution in [0.3, 0.4) is 0 Å². The van der Waals surface area contributed by atoms with Crippen LogP contribution in [-0.2, 0) is 0 Å². The molecule has 0 bridgehead atoms. The van der Waals surface area contributed by atoms with Gasteiger partial charge in [0.05, 0.1) is 18.7 Å². The van der Waals surface area contributed by atoms with Crippen molar-refractivity contribution in [3.63, 3.8) is 0 Å². The maximum Gasteiger partial charge on any atom is 0.191 e. The zero-order valence-electron chi connectivity index (χ0n) is 14.3. The van der Waals surface area contributed by atoms with Crippen molar-refractivity contribution in [1.82, 2.24) is 10.6 Å². The third kappa shape index (κ3) is 6.10. The lowest BCUT2D eigenvalue weighted by atomic mass is 10.0. The highest BCUT2D eigenvalue weighted by Crippen LogP contribution is 2.29. The molecular weight excluding hydrogens is 290 g/mol. The van der Waals surface area contributed by atoms with Gasteiger partial charge in [-0.05, 0) is 38.8 Å². The van der Waals surface area contributed by atoms with Crippen molar-refractivity contribution in [1.29, 1.82) is 0 Å². The van der Waals surface area contributed by atoms with E-state index < -0.39 is 5.60 Å².